The maximum Gasteiger partial charge on any atom is 0.238 e. The summed E-state index contributed by atoms with van der Waals surface area (Å²) in [5, 5.41) is 11.6. The zero-order chi connectivity index (χ0) is 20.1. The van der Waals surface area contributed by atoms with Crippen molar-refractivity contribution in [3.8, 4) is 0 Å². The predicted molar refractivity (Wildman–Crippen MR) is 111 cm³/mol. The summed E-state index contributed by atoms with van der Waals surface area (Å²) in [7, 11) is -3.66. The van der Waals surface area contributed by atoms with Gasteiger partial charge in [0.25, 0.3) is 0 Å². The summed E-state index contributed by atoms with van der Waals surface area (Å²) in [5.74, 6) is 1.42. The summed E-state index contributed by atoms with van der Waals surface area (Å²) < 4.78 is 22.6. The lowest BCUT2D eigenvalue weighted by Gasteiger charge is -2.10. The van der Waals surface area contributed by atoms with Crippen molar-refractivity contribution in [3.63, 3.8) is 0 Å². The molecule has 0 bridgehead atoms. The van der Waals surface area contributed by atoms with Gasteiger partial charge in [-0.15, -0.1) is 0 Å². The number of aromatic nitrogens is 2. The van der Waals surface area contributed by atoms with Crippen LogP contribution in [-0.2, 0) is 16.4 Å². The molecule has 2 aromatic carbocycles. The Hall–Kier alpha value is -2.97. The molecule has 7 nitrogen and oxygen atoms in total. The molecule has 28 heavy (non-hydrogen) atoms. The molecular formula is C20H23N5O2S. The van der Waals surface area contributed by atoms with Gasteiger partial charge in [0.05, 0.1) is 4.90 Å². The highest BCUT2D eigenvalue weighted by atomic mass is 32.2. The molecule has 8 heteroatoms. The van der Waals surface area contributed by atoms with Gasteiger partial charge in [-0.25, -0.2) is 23.5 Å². The van der Waals surface area contributed by atoms with Gasteiger partial charge in [0.1, 0.15) is 18.0 Å². The van der Waals surface area contributed by atoms with Crippen molar-refractivity contribution >= 4 is 27.3 Å². The van der Waals surface area contributed by atoms with Crippen molar-refractivity contribution in [1.29, 1.82) is 0 Å². The zero-order valence-corrected chi connectivity index (χ0v) is 16.6. The number of sulfonamides is 1. The molecule has 0 aliphatic rings. The van der Waals surface area contributed by atoms with Crippen molar-refractivity contribution in [2.45, 2.75) is 25.2 Å². The average molecular weight is 398 g/mol. The van der Waals surface area contributed by atoms with E-state index in [9.17, 15) is 8.42 Å². The lowest BCUT2D eigenvalue weighted by Crippen LogP contribution is -2.12. The smallest absolute Gasteiger partial charge is 0.238 e. The van der Waals surface area contributed by atoms with Crippen LogP contribution in [0.3, 0.4) is 0 Å². The third-order valence-corrected chi connectivity index (χ3v) is 5.35. The molecule has 0 saturated carbocycles. The van der Waals surface area contributed by atoms with Crippen LogP contribution in [0.1, 0.15) is 16.7 Å². The van der Waals surface area contributed by atoms with Crippen molar-refractivity contribution in [2.24, 2.45) is 5.14 Å². The first-order valence-electron chi connectivity index (χ1n) is 8.83. The van der Waals surface area contributed by atoms with E-state index in [0.717, 1.165) is 17.7 Å². The van der Waals surface area contributed by atoms with Crippen LogP contribution in [0.2, 0.25) is 0 Å². The SMILES string of the molecule is Cc1ccc(Nc2cc(NCCc3ccc(S(N)(=O)=O)cc3)ncn2)cc1C. The number of nitrogens with one attached hydrogen (secondary N) is 2. The van der Waals surface area contributed by atoms with E-state index in [0.29, 0.717) is 18.2 Å². The van der Waals surface area contributed by atoms with Crippen LogP contribution in [0.25, 0.3) is 0 Å². The highest BCUT2D eigenvalue weighted by Gasteiger charge is 2.06. The molecule has 0 aliphatic carbocycles. The molecule has 3 rings (SSSR count). The fraction of sp³-hybridized carbons (Fsp3) is 0.200. The second-order valence-electron chi connectivity index (χ2n) is 6.58. The number of nitrogens with two attached hydrogens (primary N) is 1. The first-order chi connectivity index (χ1) is 13.3. The summed E-state index contributed by atoms with van der Waals surface area (Å²) in [6.07, 6.45) is 2.22. The number of benzene rings is 2. The van der Waals surface area contributed by atoms with Crippen LogP contribution < -0.4 is 15.8 Å². The Morgan fingerprint density at radius 3 is 2.32 bits per heavy atom. The Morgan fingerprint density at radius 2 is 1.64 bits per heavy atom. The van der Waals surface area contributed by atoms with E-state index in [1.165, 1.54) is 29.6 Å². The molecule has 0 fully saturated rings. The average Bonchev–Trinajstić information content (AvgIpc) is 2.65. The summed E-state index contributed by atoms with van der Waals surface area (Å²) in [6.45, 7) is 4.80. The first-order valence-corrected chi connectivity index (χ1v) is 10.4. The molecule has 0 spiro atoms. The molecule has 146 valence electrons. The van der Waals surface area contributed by atoms with E-state index in [1.54, 1.807) is 12.1 Å². The lowest BCUT2D eigenvalue weighted by atomic mass is 10.1. The molecule has 0 atom stereocenters. The number of primary sulfonamides is 1. The Kier molecular flexibility index (Phi) is 5.91. The number of hydrogen-bond donors (Lipinski definition) is 3. The maximum absolute atomic E-state index is 11.3. The molecule has 0 unspecified atom stereocenters. The van der Waals surface area contributed by atoms with Gasteiger partial charge >= 0.3 is 0 Å². The van der Waals surface area contributed by atoms with E-state index in [1.807, 2.05) is 12.1 Å². The normalized spacial score (nSPS) is 11.2. The topological polar surface area (TPSA) is 110 Å². The summed E-state index contributed by atoms with van der Waals surface area (Å²) in [4.78, 5) is 8.60. The van der Waals surface area contributed by atoms with Gasteiger partial charge < -0.3 is 10.6 Å². The Balaban J connectivity index is 1.58. The standard InChI is InChI=1S/C20H23N5O2S/c1-14-3-6-17(11-15(14)2)25-20-12-19(23-13-24-20)22-10-9-16-4-7-18(8-5-16)28(21,26)27/h3-8,11-13H,9-10H2,1-2H3,(H2,21,26,27)(H2,22,23,24,25). The first kappa shape index (κ1) is 19.8. The van der Waals surface area contributed by atoms with Crippen molar-refractivity contribution in [1.82, 2.24) is 9.97 Å². The van der Waals surface area contributed by atoms with E-state index in [4.69, 9.17) is 5.14 Å². The molecule has 1 aromatic heterocycles. The Bertz CT molecular complexity index is 1070. The number of hydrogen-bond acceptors (Lipinski definition) is 6. The third-order valence-electron chi connectivity index (χ3n) is 4.42. The van der Waals surface area contributed by atoms with Gasteiger partial charge in [-0.05, 0) is 61.2 Å². The van der Waals surface area contributed by atoms with E-state index in [2.05, 4.69) is 46.6 Å². The molecule has 1 heterocycles. The minimum atomic E-state index is -3.66. The van der Waals surface area contributed by atoms with Crippen LogP contribution in [0.15, 0.2) is 59.8 Å². The molecular weight excluding hydrogens is 374 g/mol. The number of anilines is 3. The maximum atomic E-state index is 11.3. The van der Waals surface area contributed by atoms with Crippen LogP contribution in [-0.4, -0.2) is 24.9 Å². The van der Waals surface area contributed by atoms with Crippen LogP contribution >= 0.6 is 0 Å². The highest BCUT2D eigenvalue weighted by Crippen LogP contribution is 2.19. The van der Waals surface area contributed by atoms with Gasteiger partial charge in [0.15, 0.2) is 0 Å². The van der Waals surface area contributed by atoms with E-state index in [-0.39, 0.29) is 4.90 Å². The second-order valence-corrected chi connectivity index (χ2v) is 8.14. The Labute approximate surface area is 165 Å². The van der Waals surface area contributed by atoms with Crippen molar-refractivity contribution in [2.75, 3.05) is 17.2 Å². The minimum Gasteiger partial charge on any atom is -0.370 e. The molecule has 0 amide bonds. The molecule has 3 aromatic rings. The summed E-state index contributed by atoms with van der Waals surface area (Å²) >= 11 is 0. The number of aryl methyl sites for hydroxylation is 2. The third kappa shape index (κ3) is 5.28. The summed E-state index contributed by atoms with van der Waals surface area (Å²) in [6, 6.07) is 14.6. The zero-order valence-electron chi connectivity index (χ0n) is 15.8. The predicted octanol–water partition coefficient (Wildman–Crippen LogP) is 3.14. The monoisotopic (exact) mass is 397 g/mol. The second kappa shape index (κ2) is 8.37. The van der Waals surface area contributed by atoms with Crippen LogP contribution in [0.4, 0.5) is 17.3 Å². The van der Waals surface area contributed by atoms with E-state index >= 15 is 0 Å². The van der Waals surface area contributed by atoms with Crippen LogP contribution in [0, 0.1) is 13.8 Å². The van der Waals surface area contributed by atoms with Crippen molar-refractivity contribution in [3.05, 3.63) is 71.5 Å². The largest absolute Gasteiger partial charge is 0.370 e. The summed E-state index contributed by atoms with van der Waals surface area (Å²) in [5.41, 5.74) is 4.43. The van der Waals surface area contributed by atoms with E-state index < -0.39 is 10.0 Å². The molecule has 4 N–H and O–H groups in total. The van der Waals surface area contributed by atoms with Gasteiger partial charge in [-0.2, -0.15) is 0 Å². The lowest BCUT2D eigenvalue weighted by molar-refractivity contribution is 0.598. The fourth-order valence-corrected chi connectivity index (χ4v) is 3.19. The number of nitrogens with zero attached hydrogens (tertiary/aromatic N) is 2. The Morgan fingerprint density at radius 1 is 0.929 bits per heavy atom. The molecule has 0 saturated heterocycles. The minimum absolute atomic E-state index is 0.113. The van der Waals surface area contributed by atoms with Gasteiger partial charge in [0.2, 0.25) is 10.0 Å². The number of rotatable bonds is 7. The quantitative estimate of drug-likeness (QED) is 0.565. The van der Waals surface area contributed by atoms with Gasteiger partial charge in [-0.1, -0.05) is 18.2 Å². The highest BCUT2D eigenvalue weighted by molar-refractivity contribution is 7.89. The van der Waals surface area contributed by atoms with Gasteiger partial charge in [0, 0.05) is 18.3 Å². The van der Waals surface area contributed by atoms with Crippen molar-refractivity contribution < 1.29 is 8.42 Å². The van der Waals surface area contributed by atoms with Gasteiger partial charge in [-0.3, -0.25) is 0 Å². The van der Waals surface area contributed by atoms with Crippen LogP contribution in [0.5, 0.6) is 0 Å². The molecule has 0 radical (unpaired) electrons. The molecule has 0 aliphatic heterocycles. The fourth-order valence-electron chi connectivity index (χ4n) is 2.67.